The maximum atomic E-state index is 10.0. The van der Waals surface area contributed by atoms with Gasteiger partial charge in [0.1, 0.15) is 5.75 Å². The molecule has 146 valence electrons. The minimum absolute atomic E-state index is 0. The molecule has 3 rings (SSSR count). The van der Waals surface area contributed by atoms with E-state index in [1.807, 2.05) is 25.2 Å². The van der Waals surface area contributed by atoms with Crippen molar-refractivity contribution in [1.82, 2.24) is 15.1 Å². The maximum absolute atomic E-state index is 10.0. The van der Waals surface area contributed by atoms with Gasteiger partial charge in [-0.2, -0.15) is 0 Å². The first-order chi connectivity index (χ1) is 12.2. The molecule has 0 radical (unpaired) electrons. The molecule has 2 aliphatic rings. The monoisotopic (exact) mass is 473 g/mol. The molecule has 2 aliphatic heterocycles. The van der Waals surface area contributed by atoms with Crippen LogP contribution < -0.4 is 10.2 Å². The lowest BCUT2D eigenvalue weighted by molar-refractivity contribution is 0.337. The number of aliphatic imine (C=N–C) groups is 1. The van der Waals surface area contributed by atoms with E-state index in [9.17, 15) is 5.11 Å². The molecule has 6 nitrogen and oxygen atoms in total. The Morgan fingerprint density at radius 2 is 1.92 bits per heavy atom. The Hall–Kier alpha value is -1.22. The number of nitrogens with zero attached hydrogens (tertiary/aromatic N) is 4. The third-order valence-electron chi connectivity index (χ3n) is 5.38. The molecule has 0 amide bonds. The van der Waals surface area contributed by atoms with Gasteiger partial charge < -0.3 is 25.1 Å². The van der Waals surface area contributed by atoms with Crippen LogP contribution in [0.5, 0.6) is 5.75 Å². The van der Waals surface area contributed by atoms with Crippen LogP contribution in [0.25, 0.3) is 0 Å². The number of para-hydroxylation sites is 2. The Labute approximate surface area is 174 Å². The van der Waals surface area contributed by atoms with Crippen molar-refractivity contribution in [2.45, 2.75) is 13.3 Å². The molecule has 7 heteroatoms. The number of benzene rings is 1. The van der Waals surface area contributed by atoms with Crippen molar-refractivity contribution in [3.8, 4) is 5.75 Å². The van der Waals surface area contributed by atoms with Crippen molar-refractivity contribution >= 4 is 35.6 Å². The van der Waals surface area contributed by atoms with E-state index in [1.165, 1.54) is 19.5 Å². The van der Waals surface area contributed by atoms with Crippen LogP contribution in [-0.4, -0.2) is 80.3 Å². The van der Waals surface area contributed by atoms with Crippen LogP contribution >= 0.6 is 24.0 Å². The van der Waals surface area contributed by atoms with Crippen LogP contribution in [0.4, 0.5) is 5.69 Å². The van der Waals surface area contributed by atoms with Crippen molar-refractivity contribution < 1.29 is 5.11 Å². The van der Waals surface area contributed by atoms with E-state index in [0.29, 0.717) is 5.75 Å². The zero-order valence-corrected chi connectivity index (χ0v) is 18.2. The summed E-state index contributed by atoms with van der Waals surface area (Å²) >= 11 is 0. The van der Waals surface area contributed by atoms with Crippen LogP contribution in [0.1, 0.15) is 13.3 Å². The highest BCUT2D eigenvalue weighted by molar-refractivity contribution is 14.0. The van der Waals surface area contributed by atoms with Gasteiger partial charge in [0.05, 0.1) is 5.69 Å². The Morgan fingerprint density at radius 3 is 2.54 bits per heavy atom. The number of phenols is 1. The second-order valence-corrected chi connectivity index (χ2v) is 6.94. The minimum atomic E-state index is 0. The molecule has 26 heavy (non-hydrogen) atoms. The highest BCUT2D eigenvalue weighted by Gasteiger charge is 2.24. The minimum Gasteiger partial charge on any atom is -0.506 e. The molecule has 1 aromatic rings. The summed E-state index contributed by atoms with van der Waals surface area (Å²) in [5.41, 5.74) is 0.927. The standard InChI is InChI=1S/C19H31N5O.HI/c1-3-22-9-8-16(15-22)14-21-19(20-2)24-12-10-23(11-13-24)17-6-4-5-7-18(17)25;/h4-7,16,25H,3,8-15H2,1-2H3,(H,20,21);1H. The summed E-state index contributed by atoms with van der Waals surface area (Å²) in [5.74, 6) is 2.09. The Morgan fingerprint density at radius 1 is 1.19 bits per heavy atom. The van der Waals surface area contributed by atoms with Crippen molar-refractivity contribution in [2.75, 3.05) is 64.3 Å². The molecule has 1 aromatic carbocycles. The van der Waals surface area contributed by atoms with Gasteiger partial charge in [-0.3, -0.25) is 4.99 Å². The Balaban J connectivity index is 0.00000243. The third-order valence-corrected chi connectivity index (χ3v) is 5.38. The van der Waals surface area contributed by atoms with Crippen LogP contribution in [0.3, 0.4) is 0 Å². The van der Waals surface area contributed by atoms with Crippen molar-refractivity contribution in [3.05, 3.63) is 24.3 Å². The van der Waals surface area contributed by atoms with Crippen LogP contribution in [0.15, 0.2) is 29.3 Å². The van der Waals surface area contributed by atoms with Crippen molar-refractivity contribution in [3.63, 3.8) is 0 Å². The summed E-state index contributed by atoms with van der Waals surface area (Å²) < 4.78 is 0. The molecule has 2 saturated heterocycles. The van der Waals surface area contributed by atoms with Crippen molar-refractivity contribution in [2.24, 2.45) is 10.9 Å². The molecule has 2 fully saturated rings. The van der Waals surface area contributed by atoms with Crippen LogP contribution in [0, 0.1) is 5.92 Å². The van der Waals surface area contributed by atoms with Gasteiger partial charge in [0.15, 0.2) is 5.96 Å². The third kappa shape index (κ3) is 5.16. The van der Waals surface area contributed by atoms with Gasteiger partial charge in [-0.1, -0.05) is 19.1 Å². The van der Waals surface area contributed by atoms with Crippen molar-refractivity contribution in [1.29, 1.82) is 0 Å². The number of halogens is 1. The lowest BCUT2D eigenvalue weighted by Crippen LogP contribution is -2.53. The lowest BCUT2D eigenvalue weighted by Gasteiger charge is -2.38. The molecule has 1 atom stereocenters. The van der Waals surface area contributed by atoms with Crippen LogP contribution in [0.2, 0.25) is 0 Å². The maximum Gasteiger partial charge on any atom is 0.193 e. The second kappa shape index (κ2) is 10.2. The smallest absolute Gasteiger partial charge is 0.193 e. The highest BCUT2D eigenvalue weighted by atomic mass is 127. The first kappa shape index (κ1) is 21.1. The van der Waals surface area contributed by atoms with Crippen LogP contribution in [-0.2, 0) is 0 Å². The fourth-order valence-electron chi connectivity index (χ4n) is 3.83. The zero-order valence-electron chi connectivity index (χ0n) is 15.9. The van der Waals surface area contributed by atoms with E-state index in [1.54, 1.807) is 6.07 Å². The van der Waals surface area contributed by atoms with Gasteiger partial charge >= 0.3 is 0 Å². The number of anilines is 1. The van der Waals surface area contributed by atoms with Gasteiger partial charge in [0.2, 0.25) is 0 Å². The number of piperazine rings is 1. The number of guanidine groups is 1. The van der Waals surface area contributed by atoms with Gasteiger partial charge in [-0.25, -0.2) is 0 Å². The average molecular weight is 473 g/mol. The summed E-state index contributed by atoms with van der Waals surface area (Å²) in [4.78, 5) is 11.6. The predicted octanol–water partition coefficient (Wildman–Crippen LogP) is 2.05. The predicted molar refractivity (Wildman–Crippen MR) is 119 cm³/mol. The number of nitrogens with one attached hydrogen (secondary N) is 1. The number of aromatic hydroxyl groups is 1. The first-order valence-corrected chi connectivity index (χ1v) is 9.42. The molecule has 2 heterocycles. The van der Waals surface area contributed by atoms with E-state index < -0.39 is 0 Å². The highest BCUT2D eigenvalue weighted by Crippen LogP contribution is 2.27. The zero-order chi connectivity index (χ0) is 17.6. The van der Waals surface area contributed by atoms with E-state index >= 15 is 0 Å². The molecule has 0 aliphatic carbocycles. The SMILES string of the molecule is CCN1CCC(CNC(=NC)N2CCN(c3ccccc3O)CC2)C1.I. The molecule has 0 bridgehead atoms. The molecule has 0 aromatic heterocycles. The summed E-state index contributed by atoms with van der Waals surface area (Å²) in [6.07, 6.45) is 1.28. The largest absolute Gasteiger partial charge is 0.506 e. The van der Waals surface area contributed by atoms with E-state index in [2.05, 4.69) is 31.9 Å². The number of hydrogen-bond donors (Lipinski definition) is 2. The topological polar surface area (TPSA) is 54.3 Å². The fourth-order valence-corrected chi connectivity index (χ4v) is 3.83. The number of phenolic OH excluding ortho intramolecular Hbond substituents is 1. The van der Waals surface area contributed by atoms with Gasteiger partial charge in [-0.05, 0) is 37.6 Å². The Kier molecular flexibility index (Phi) is 8.27. The lowest BCUT2D eigenvalue weighted by atomic mass is 10.1. The number of hydrogen-bond acceptors (Lipinski definition) is 4. The molecular weight excluding hydrogens is 441 g/mol. The van der Waals surface area contributed by atoms with Gasteiger partial charge in [0.25, 0.3) is 0 Å². The first-order valence-electron chi connectivity index (χ1n) is 9.42. The molecular formula is C19H32IN5O. The molecule has 2 N–H and O–H groups in total. The Bertz CT molecular complexity index is 589. The second-order valence-electron chi connectivity index (χ2n) is 6.94. The quantitative estimate of drug-likeness (QED) is 0.399. The summed E-state index contributed by atoms with van der Waals surface area (Å²) in [6, 6.07) is 7.58. The fraction of sp³-hybridized carbons (Fsp3) is 0.632. The summed E-state index contributed by atoms with van der Waals surface area (Å²) in [6.45, 7) is 10.4. The van der Waals surface area contributed by atoms with E-state index in [0.717, 1.165) is 56.8 Å². The van der Waals surface area contributed by atoms with E-state index in [-0.39, 0.29) is 24.0 Å². The molecule has 0 saturated carbocycles. The summed E-state index contributed by atoms with van der Waals surface area (Å²) in [5, 5.41) is 13.6. The van der Waals surface area contributed by atoms with E-state index in [4.69, 9.17) is 0 Å². The number of likely N-dealkylation sites (tertiary alicyclic amines) is 1. The summed E-state index contributed by atoms with van der Waals surface area (Å²) in [7, 11) is 1.87. The molecule has 1 unspecified atom stereocenters. The van der Waals surface area contributed by atoms with Gasteiger partial charge in [0, 0.05) is 46.3 Å². The molecule has 0 spiro atoms. The number of rotatable bonds is 4. The normalized spacial score (nSPS) is 21.6. The average Bonchev–Trinajstić information content (AvgIpc) is 3.11. The van der Waals surface area contributed by atoms with Gasteiger partial charge in [-0.15, -0.1) is 24.0 Å².